The van der Waals surface area contributed by atoms with Crippen LogP contribution in [0.1, 0.15) is 95.9 Å². The summed E-state index contributed by atoms with van der Waals surface area (Å²) in [6.45, 7) is 19.1. The summed E-state index contributed by atoms with van der Waals surface area (Å²) in [6, 6.07) is 29.3. The minimum absolute atomic E-state index is 0. The van der Waals surface area contributed by atoms with Gasteiger partial charge in [-0.1, -0.05) is 180 Å². The molecule has 0 amide bonds. The smallest absolute Gasteiger partial charge is 0.652 e. The molecule has 4 unspecified atom stereocenters. The minimum atomic E-state index is -2.63. The van der Waals surface area contributed by atoms with Crippen LogP contribution in [0, 0.1) is 34.1 Å². The van der Waals surface area contributed by atoms with Crippen molar-refractivity contribution in [3.05, 3.63) is 171 Å². The van der Waals surface area contributed by atoms with E-state index >= 15 is 0 Å². The van der Waals surface area contributed by atoms with Crippen LogP contribution in [0.15, 0.2) is 122 Å². The van der Waals surface area contributed by atoms with E-state index in [0.29, 0.717) is 23.4 Å². The fourth-order valence-corrected chi connectivity index (χ4v) is 14.0. The summed E-state index contributed by atoms with van der Waals surface area (Å²) >= 11 is 0. The Morgan fingerprint density at radius 1 is 0.755 bits per heavy atom. The molecule has 2 nitrogen and oxygen atoms in total. The Labute approximate surface area is 343 Å². The van der Waals surface area contributed by atoms with Crippen molar-refractivity contribution in [1.82, 2.24) is 4.90 Å². The van der Waals surface area contributed by atoms with Gasteiger partial charge in [0.05, 0.1) is 0 Å². The fourth-order valence-electron chi connectivity index (χ4n) is 8.52. The van der Waals surface area contributed by atoms with Gasteiger partial charge in [0, 0.05) is 27.4 Å². The van der Waals surface area contributed by atoms with Crippen molar-refractivity contribution in [2.45, 2.75) is 117 Å². The largest absolute Gasteiger partial charge is 4.00 e. The predicted molar refractivity (Wildman–Crippen MR) is 236 cm³/mol. The fraction of sp³-hybridized carbons (Fsp3) is 0.408. The number of unbranched alkanes of at least 4 members (excludes halogenated alkanes) is 2. The van der Waals surface area contributed by atoms with Crippen LogP contribution in [0.4, 0.5) is 0 Å². The normalized spacial score (nSPS) is 20.1. The maximum absolute atomic E-state index is 6.10. The predicted octanol–water partition coefficient (Wildman–Crippen LogP) is 12.2. The van der Waals surface area contributed by atoms with Crippen LogP contribution in [0.25, 0.3) is 4.98 Å². The summed E-state index contributed by atoms with van der Waals surface area (Å²) in [5, 5.41) is 2.98. The maximum atomic E-state index is 6.10. The molecule has 3 aromatic carbocycles. The van der Waals surface area contributed by atoms with Gasteiger partial charge >= 0.3 is 21.7 Å². The average molecular weight is 763 g/mol. The molecule has 53 heavy (non-hydrogen) atoms. The monoisotopic (exact) mass is 762 g/mol. The van der Waals surface area contributed by atoms with Crippen molar-refractivity contribution in [2.24, 2.45) is 11.8 Å². The maximum Gasteiger partial charge on any atom is 4.00 e. The van der Waals surface area contributed by atoms with E-state index in [1.165, 1.54) is 64.7 Å². The van der Waals surface area contributed by atoms with E-state index in [4.69, 9.17) is 4.98 Å². The summed E-state index contributed by atoms with van der Waals surface area (Å²) in [5.41, 5.74) is 6.29. The van der Waals surface area contributed by atoms with Crippen LogP contribution in [0.3, 0.4) is 0 Å². The molecule has 3 aromatic rings. The second-order valence-electron chi connectivity index (χ2n) is 15.4. The number of hydrogen-bond donors (Lipinski definition) is 0. The van der Waals surface area contributed by atoms with E-state index in [1.807, 2.05) is 19.1 Å². The first-order valence-electron chi connectivity index (χ1n) is 19.1. The van der Waals surface area contributed by atoms with Crippen molar-refractivity contribution >= 4 is 18.6 Å². The van der Waals surface area contributed by atoms with Gasteiger partial charge in [-0.3, -0.25) is 4.90 Å². The first-order valence-corrected chi connectivity index (χ1v) is 21.1. The van der Waals surface area contributed by atoms with Crippen LogP contribution in [0.2, 0.25) is 5.54 Å². The summed E-state index contributed by atoms with van der Waals surface area (Å²) < 4.78 is 0. The zero-order valence-corrected chi connectivity index (χ0v) is 37.3. The molecule has 284 valence electrons. The summed E-state index contributed by atoms with van der Waals surface area (Å²) in [6.07, 6.45) is 23.8. The third-order valence-electron chi connectivity index (χ3n) is 10.8. The number of aryl methyl sites for hydroxylation is 2. The Hall–Kier alpha value is -2.53. The van der Waals surface area contributed by atoms with Gasteiger partial charge in [0.25, 0.3) is 0 Å². The molecule has 1 heterocycles. The van der Waals surface area contributed by atoms with E-state index in [9.17, 15) is 0 Å². The van der Waals surface area contributed by atoms with Gasteiger partial charge < -0.3 is 27.3 Å². The van der Waals surface area contributed by atoms with Crippen LogP contribution >= 0.6 is 0 Å². The Bertz CT molecular complexity index is 1500. The van der Waals surface area contributed by atoms with E-state index in [1.54, 1.807) is 6.08 Å². The second kappa shape index (κ2) is 22.8. The molecule has 1 aliphatic heterocycles. The number of rotatable bonds is 12. The van der Waals surface area contributed by atoms with Gasteiger partial charge in [-0.25, -0.2) is 0 Å². The first kappa shape index (κ1) is 48.5. The van der Waals surface area contributed by atoms with Crippen LogP contribution < -0.4 is 10.4 Å². The standard InChI is InChI=1S/C41H53N2Si.C5H8.3CH3.Ti/c1-6-8-14-31-20-24-35(25-21-31)44(42-41(3,4)5,36-26-22-32(23-27-36)15-9-7-2)40-28-39(37-18-12-13-19-38(37)40)43-29-33-16-10-11-17-34(33)30-43;1-3-5-4-2;;;;/h10-13,16-27,37-40H,6-9,14-15,28-30H2,1-5H3;3-5H,1H2,2H3;3*1H3;/q-1;;3*-1;+4/b;5-4+;;;;. The quantitative estimate of drug-likeness (QED) is 0.102. The van der Waals surface area contributed by atoms with Crippen molar-refractivity contribution in [3.63, 3.8) is 0 Å². The van der Waals surface area contributed by atoms with Crippen molar-refractivity contribution in [1.29, 1.82) is 0 Å². The van der Waals surface area contributed by atoms with Crippen LogP contribution in [-0.2, 0) is 47.6 Å². The van der Waals surface area contributed by atoms with Gasteiger partial charge in [0.15, 0.2) is 0 Å². The summed E-state index contributed by atoms with van der Waals surface area (Å²) in [5.74, 6) is 1.01. The zero-order valence-electron chi connectivity index (χ0n) is 34.7. The second-order valence-corrected chi connectivity index (χ2v) is 19.1. The number of allylic oxidation sites excluding steroid dienone is 6. The summed E-state index contributed by atoms with van der Waals surface area (Å²) in [4.78, 5) is 8.90. The molecule has 6 rings (SSSR count). The molecule has 0 N–H and O–H groups in total. The Kier molecular flexibility index (Phi) is 20.8. The molecule has 3 aliphatic rings. The molecular formula is C49H70N2SiTi. The van der Waals surface area contributed by atoms with Gasteiger partial charge in [-0.05, 0) is 78.7 Å². The van der Waals surface area contributed by atoms with E-state index in [0.717, 1.165) is 25.9 Å². The number of hydrogen-bond acceptors (Lipinski definition) is 1. The number of fused-ring (bicyclic) bond motifs is 2. The topological polar surface area (TPSA) is 17.3 Å². The SMILES string of the molecule is C=C/C=C/C.CCCCc1ccc([Si]([N-]C(C)(C)C)(c2ccc(CCCC)cc2)C2CC(N3Cc4ccccc4C3)C3C=CC=CC32)cc1.[CH3-].[CH3-].[CH3-].[Ti+4]. The molecule has 0 spiro atoms. The molecule has 0 radical (unpaired) electrons. The average Bonchev–Trinajstić information content (AvgIpc) is 3.72. The third-order valence-corrected chi connectivity index (χ3v) is 15.9. The van der Waals surface area contributed by atoms with E-state index < -0.39 is 8.24 Å². The Morgan fingerprint density at radius 2 is 1.23 bits per heavy atom. The molecule has 4 atom stereocenters. The first-order chi connectivity index (χ1) is 23.7. The zero-order chi connectivity index (χ0) is 34.9. The molecule has 2 aliphatic carbocycles. The number of nitrogens with zero attached hydrogens (tertiary/aromatic N) is 2. The molecular weight excluding hydrogens is 693 g/mol. The van der Waals surface area contributed by atoms with E-state index in [-0.39, 0.29) is 49.5 Å². The molecule has 0 bridgehead atoms. The Morgan fingerprint density at radius 3 is 1.62 bits per heavy atom. The van der Waals surface area contributed by atoms with Gasteiger partial charge in [-0.15, -0.1) is 5.54 Å². The third kappa shape index (κ3) is 11.7. The van der Waals surface area contributed by atoms with E-state index in [2.05, 4.69) is 143 Å². The van der Waals surface area contributed by atoms with Crippen molar-refractivity contribution in [3.8, 4) is 0 Å². The van der Waals surface area contributed by atoms with Crippen molar-refractivity contribution < 1.29 is 21.7 Å². The van der Waals surface area contributed by atoms with Gasteiger partial charge in [-0.2, -0.15) is 0 Å². The van der Waals surface area contributed by atoms with Gasteiger partial charge in [0.1, 0.15) is 0 Å². The van der Waals surface area contributed by atoms with Crippen LogP contribution in [0.5, 0.6) is 0 Å². The molecule has 1 saturated carbocycles. The number of benzene rings is 3. The molecule has 0 aromatic heterocycles. The van der Waals surface area contributed by atoms with Crippen LogP contribution in [-0.4, -0.2) is 24.7 Å². The molecule has 0 saturated heterocycles. The minimum Gasteiger partial charge on any atom is -0.652 e. The molecule has 1 fully saturated rings. The Balaban J connectivity index is 0.00000146. The van der Waals surface area contributed by atoms with Gasteiger partial charge in [0.2, 0.25) is 0 Å². The molecule has 4 heteroatoms. The summed E-state index contributed by atoms with van der Waals surface area (Å²) in [7, 11) is -2.63. The van der Waals surface area contributed by atoms with Crippen molar-refractivity contribution in [2.75, 3.05) is 0 Å².